The van der Waals surface area contributed by atoms with Crippen molar-refractivity contribution in [2.75, 3.05) is 32.1 Å². The van der Waals surface area contributed by atoms with E-state index in [-0.39, 0.29) is 0 Å². The summed E-state index contributed by atoms with van der Waals surface area (Å²) >= 11 is 0. The summed E-state index contributed by atoms with van der Waals surface area (Å²) in [5, 5.41) is 10.1. The van der Waals surface area contributed by atoms with Crippen molar-refractivity contribution < 1.29 is 0 Å². The summed E-state index contributed by atoms with van der Waals surface area (Å²) in [5.41, 5.74) is 6.08. The number of benzene rings is 1. The second kappa shape index (κ2) is 11.2. The summed E-state index contributed by atoms with van der Waals surface area (Å²) in [6, 6.07) is 11.4. The molecule has 0 radical (unpaired) electrons. The third-order valence-electron chi connectivity index (χ3n) is 7.68. The summed E-state index contributed by atoms with van der Waals surface area (Å²) in [5.74, 6) is 1.27. The summed E-state index contributed by atoms with van der Waals surface area (Å²) in [6.45, 7) is 6.47. The Bertz CT molecular complexity index is 1150. The maximum Gasteiger partial charge on any atom is 0.157 e. The van der Waals surface area contributed by atoms with Gasteiger partial charge in [0.1, 0.15) is 11.9 Å². The van der Waals surface area contributed by atoms with Crippen LogP contribution in [0.25, 0.3) is 16.7 Å². The summed E-state index contributed by atoms with van der Waals surface area (Å²) in [6.07, 6.45) is 12.7. The van der Waals surface area contributed by atoms with Crippen LogP contribution in [0.1, 0.15) is 81.4 Å². The number of pyridine rings is 1. The Balaban J connectivity index is 1.69. The van der Waals surface area contributed by atoms with Gasteiger partial charge in [-0.25, -0.2) is 4.98 Å². The van der Waals surface area contributed by atoms with Crippen LogP contribution in [0.2, 0.25) is 0 Å². The Morgan fingerprint density at radius 1 is 1.06 bits per heavy atom. The average molecular weight is 460 g/mol. The van der Waals surface area contributed by atoms with E-state index in [1.807, 2.05) is 6.07 Å². The number of aromatic nitrogens is 2. The molecule has 4 rings (SSSR count). The molecule has 1 saturated heterocycles. The van der Waals surface area contributed by atoms with E-state index in [1.54, 1.807) is 0 Å². The second-order valence-corrected chi connectivity index (χ2v) is 10.3. The molecule has 1 fully saturated rings. The maximum atomic E-state index is 10.1. The molecule has 3 heterocycles. The van der Waals surface area contributed by atoms with Crippen LogP contribution >= 0.6 is 0 Å². The highest BCUT2D eigenvalue weighted by atomic mass is 15.3. The molecule has 5 nitrogen and oxygen atoms in total. The molecule has 0 aliphatic carbocycles. The topological polar surface area (TPSA) is 47.6 Å². The number of nitriles is 1. The molecule has 0 saturated carbocycles. The molecule has 2 aromatic heterocycles. The maximum absolute atomic E-state index is 10.1. The van der Waals surface area contributed by atoms with Crippen LogP contribution in [0, 0.1) is 18.3 Å². The first-order valence-corrected chi connectivity index (χ1v) is 13.3. The summed E-state index contributed by atoms with van der Waals surface area (Å²) < 4.78 is 2.29. The zero-order chi connectivity index (χ0) is 24.1. The molecule has 0 unspecified atom stereocenters. The van der Waals surface area contributed by atoms with Crippen molar-refractivity contribution in [2.45, 2.75) is 84.1 Å². The number of rotatable bonds is 11. The highest BCUT2D eigenvalue weighted by Crippen LogP contribution is 2.36. The molecule has 0 amide bonds. The SMILES string of the molecule is CCCCCCCCCCc1c(C)c(C#N)c2nc3ccccc3n2c1N1CC[C@H](N(C)C)C1. The van der Waals surface area contributed by atoms with Crippen molar-refractivity contribution in [1.29, 1.82) is 5.26 Å². The molecule has 1 aliphatic heterocycles. The zero-order valence-corrected chi connectivity index (χ0v) is 21.6. The number of anilines is 1. The van der Waals surface area contributed by atoms with E-state index in [0.717, 1.165) is 53.7 Å². The number of hydrogen-bond donors (Lipinski definition) is 0. The van der Waals surface area contributed by atoms with Gasteiger partial charge in [-0.05, 0) is 63.5 Å². The molecule has 5 heteroatoms. The molecule has 1 aromatic carbocycles. The van der Waals surface area contributed by atoms with Gasteiger partial charge < -0.3 is 9.80 Å². The fourth-order valence-corrected chi connectivity index (χ4v) is 5.59. The predicted octanol–water partition coefficient (Wildman–Crippen LogP) is 6.49. The molecule has 34 heavy (non-hydrogen) atoms. The van der Waals surface area contributed by atoms with Gasteiger partial charge in [0.05, 0.1) is 16.6 Å². The lowest BCUT2D eigenvalue weighted by molar-refractivity contribution is 0.315. The van der Waals surface area contributed by atoms with Gasteiger partial charge in [0, 0.05) is 19.1 Å². The molecule has 0 N–H and O–H groups in total. The standard InChI is InChI=1S/C29H41N5/c1-5-6-7-8-9-10-11-12-15-24-22(2)25(20-30)28-31-26-16-13-14-17-27(26)34(28)29(24)33-19-18-23(21-33)32(3)4/h13-14,16-17,23H,5-12,15,18-19,21H2,1-4H3/t23-/m0/s1. The van der Waals surface area contributed by atoms with Gasteiger partial charge in [0.25, 0.3) is 0 Å². The smallest absolute Gasteiger partial charge is 0.157 e. The molecular weight excluding hydrogens is 418 g/mol. The van der Waals surface area contributed by atoms with Crippen molar-refractivity contribution in [3.63, 3.8) is 0 Å². The second-order valence-electron chi connectivity index (χ2n) is 10.3. The van der Waals surface area contributed by atoms with Crippen molar-refractivity contribution in [2.24, 2.45) is 0 Å². The number of fused-ring (bicyclic) bond motifs is 3. The Hall–Kier alpha value is -2.58. The van der Waals surface area contributed by atoms with E-state index in [0.29, 0.717) is 6.04 Å². The van der Waals surface area contributed by atoms with Crippen LogP contribution < -0.4 is 4.90 Å². The van der Waals surface area contributed by atoms with Crippen molar-refractivity contribution in [3.05, 3.63) is 41.0 Å². The Morgan fingerprint density at radius 3 is 2.44 bits per heavy atom. The van der Waals surface area contributed by atoms with Gasteiger partial charge in [-0.3, -0.25) is 4.40 Å². The number of unbranched alkanes of at least 4 members (excludes halogenated alkanes) is 7. The van der Waals surface area contributed by atoms with Crippen LogP contribution in [-0.2, 0) is 6.42 Å². The molecule has 1 atom stereocenters. The van der Waals surface area contributed by atoms with Gasteiger partial charge >= 0.3 is 0 Å². The van der Waals surface area contributed by atoms with Gasteiger partial charge in [-0.15, -0.1) is 0 Å². The van der Waals surface area contributed by atoms with Crippen molar-refractivity contribution in [1.82, 2.24) is 14.3 Å². The van der Waals surface area contributed by atoms with E-state index in [1.165, 1.54) is 62.7 Å². The number of likely N-dealkylation sites (N-methyl/N-ethyl adjacent to an activating group) is 1. The Kier molecular flexibility index (Phi) is 8.11. The van der Waals surface area contributed by atoms with Gasteiger partial charge in [-0.1, -0.05) is 64.0 Å². The lowest BCUT2D eigenvalue weighted by Gasteiger charge is -2.27. The van der Waals surface area contributed by atoms with Crippen molar-refractivity contribution >= 4 is 22.5 Å². The molecule has 182 valence electrons. The predicted molar refractivity (Wildman–Crippen MR) is 143 cm³/mol. The Morgan fingerprint density at radius 2 is 1.76 bits per heavy atom. The molecule has 0 spiro atoms. The van der Waals surface area contributed by atoms with E-state index in [9.17, 15) is 5.26 Å². The average Bonchev–Trinajstić information content (AvgIpc) is 3.46. The van der Waals surface area contributed by atoms with Crippen LogP contribution in [0.4, 0.5) is 5.82 Å². The van der Waals surface area contributed by atoms with E-state index >= 15 is 0 Å². The summed E-state index contributed by atoms with van der Waals surface area (Å²) in [4.78, 5) is 9.82. The fourth-order valence-electron chi connectivity index (χ4n) is 5.59. The molecule has 3 aromatic rings. The first-order chi connectivity index (χ1) is 16.6. The lowest BCUT2D eigenvalue weighted by atomic mass is 9.98. The normalized spacial score (nSPS) is 16.2. The minimum Gasteiger partial charge on any atom is -0.356 e. The highest BCUT2D eigenvalue weighted by molar-refractivity contribution is 5.86. The first kappa shape index (κ1) is 24.5. The largest absolute Gasteiger partial charge is 0.356 e. The monoisotopic (exact) mass is 459 g/mol. The summed E-state index contributed by atoms with van der Waals surface area (Å²) in [7, 11) is 4.36. The zero-order valence-electron chi connectivity index (χ0n) is 21.6. The van der Waals surface area contributed by atoms with Crippen LogP contribution in [0.15, 0.2) is 24.3 Å². The third-order valence-corrected chi connectivity index (χ3v) is 7.68. The third kappa shape index (κ3) is 4.93. The quantitative estimate of drug-likeness (QED) is 0.307. The minimum absolute atomic E-state index is 0.553. The number of imidazole rings is 1. The van der Waals surface area contributed by atoms with Crippen molar-refractivity contribution in [3.8, 4) is 6.07 Å². The van der Waals surface area contributed by atoms with Gasteiger partial charge in [0.2, 0.25) is 0 Å². The van der Waals surface area contributed by atoms with Crippen LogP contribution in [-0.4, -0.2) is 47.5 Å². The van der Waals surface area contributed by atoms with E-state index in [4.69, 9.17) is 4.98 Å². The number of nitrogens with zero attached hydrogens (tertiary/aromatic N) is 5. The lowest BCUT2D eigenvalue weighted by Crippen LogP contribution is -2.32. The van der Waals surface area contributed by atoms with Crippen LogP contribution in [0.3, 0.4) is 0 Å². The first-order valence-electron chi connectivity index (χ1n) is 13.3. The van der Waals surface area contributed by atoms with E-state index in [2.05, 4.69) is 66.4 Å². The minimum atomic E-state index is 0.553. The number of hydrogen-bond acceptors (Lipinski definition) is 4. The molecular formula is C29H41N5. The van der Waals surface area contributed by atoms with Gasteiger partial charge in [0.15, 0.2) is 5.65 Å². The van der Waals surface area contributed by atoms with Crippen LogP contribution in [0.5, 0.6) is 0 Å². The highest BCUT2D eigenvalue weighted by Gasteiger charge is 2.30. The van der Waals surface area contributed by atoms with E-state index < -0.39 is 0 Å². The molecule has 1 aliphatic rings. The fraction of sp³-hybridized carbons (Fsp3) is 0.586. The Labute approximate surface area is 205 Å². The molecule has 0 bridgehead atoms. The van der Waals surface area contributed by atoms with Gasteiger partial charge in [-0.2, -0.15) is 5.26 Å². The number of para-hydroxylation sites is 2.